The van der Waals surface area contributed by atoms with Crippen molar-refractivity contribution in [1.82, 2.24) is 24.9 Å². The van der Waals surface area contributed by atoms with Gasteiger partial charge in [-0.2, -0.15) is 21.5 Å². The van der Waals surface area contributed by atoms with Crippen LogP contribution in [0.3, 0.4) is 0 Å². The van der Waals surface area contributed by atoms with E-state index in [0.717, 1.165) is 40.2 Å². The summed E-state index contributed by atoms with van der Waals surface area (Å²) in [5.41, 5.74) is 5.20. The number of hydrogen-bond donors (Lipinski definition) is 2. The van der Waals surface area contributed by atoms with Gasteiger partial charge in [0, 0.05) is 47.4 Å². The lowest BCUT2D eigenvalue weighted by molar-refractivity contribution is 0.0926. The summed E-state index contributed by atoms with van der Waals surface area (Å²) in [6, 6.07) is 7.71. The van der Waals surface area contributed by atoms with Gasteiger partial charge in [0.25, 0.3) is 5.91 Å². The zero-order chi connectivity index (χ0) is 24.1. The first kappa shape index (κ1) is 21.9. The van der Waals surface area contributed by atoms with Crippen LogP contribution < -0.4 is 14.8 Å². The molecule has 1 fully saturated rings. The Morgan fingerprint density at radius 1 is 1.26 bits per heavy atom. The third-order valence-electron chi connectivity index (χ3n) is 6.61. The molecule has 1 saturated carbocycles. The van der Waals surface area contributed by atoms with Gasteiger partial charge in [0.05, 0.1) is 30.3 Å². The van der Waals surface area contributed by atoms with Gasteiger partial charge in [0.15, 0.2) is 5.69 Å². The summed E-state index contributed by atoms with van der Waals surface area (Å²) in [7, 11) is 3.50. The number of rotatable bonds is 5. The molecule has 4 aromatic rings. The molecule has 6 rings (SSSR count). The molecule has 0 spiro atoms. The second kappa shape index (κ2) is 8.54. The number of carbonyl (C=O) groups excluding carboxylic acids is 1. The molecule has 2 aliphatic rings. The SMILES string of the molecule is COc1cc2c(cc1-c1ccn(C)n1)-c1c(c(C(=O)N[C@H]3CC[C@@H](O)C3)nn1-c1ccsc1)CO2. The molecule has 9 nitrogen and oxygen atoms in total. The maximum Gasteiger partial charge on any atom is 0.272 e. The van der Waals surface area contributed by atoms with Crippen molar-refractivity contribution in [1.29, 1.82) is 0 Å². The predicted molar refractivity (Wildman–Crippen MR) is 131 cm³/mol. The van der Waals surface area contributed by atoms with Gasteiger partial charge in [0.2, 0.25) is 0 Å². The summed E-state index contributed by atoms with van der Waals surface area (Å²) >= 11 is 1.57. The molecule has 180 valence electrons. The van der Waals surface area contributed by atoms with Crippen molar-refractivity contribution >= 4 is 17.2 Å². The Bertz CT molecular complexity index is 1410. The van der Waals surface area contributed by atoms with Gasteiger partial charge in [-0.3, -0.25) is 9.48 Å². The first-order valence-corrected chi connectivity index (χ1v) is 12.4. The van der Waals surface area contributed by atoms with Crippen molar-refractivity contribution in [3.8, 4) is 39.7 Å². The lowest BCUT2D eigenvalue weighted by Crippen LogP contribution is -2.34. The maximum absolute atomic E-state index is 13.3. The molecule has 0 unspecified atom stereocenters. The minimum absolute atomic E-state index is 0.0590. The summed E-state index contributed by atoms with van der Waals surface area (Å²) in [5.74, 6) is 1.07. The van der Waals surface area contributed by atoms with Gasteiger partial charge < -0.3 is 19.9 Å². The van der Waals surface area contributed by atoms with Crippen molar-refractivity contribution in [2.75, 3.05) is 7.11 Å². The largest absolute Gasteiger partial charge is 0.496 e. The van der Waals surface area contributed by atoms with E-state index < -0.39 is 0 Å². The van der Waals surface area contributed by atoms with E-state index >= 15 is 0 Å². The number of hydrogen-bond acceptors (Lipinski definition) is 7. The first-order valence-electron chi connectivity index (χ1n) is 11.5. The van der Waals surface area contributed by atoms with E-state index in [0.29, 0.717) is 30.0 Å². The topological polar surface area (TPSA) is 103 Å². The van der Waals surface area contributed by atoms with Crippen LogP contribution in [0.2, 0.25) is 0 Å². The summed E-state index contributed by atoms with van der Waals surface area (Å²) in [6.45, 7) is 0.217. The molecular weight excluding hydrogens is 466 g/mol. The van der Waals surface area contributed by atoms with E-state index in [2.05, 4.69) is 10.4 Å². The first-order chi connectivity index (χ1) is 17.0. The van der Waals surface area contributed by atoms with Gasteiger partial charge in [-0.25, -0.2) is 4.68 Å². The third-order valence-corrected chi connectivity index (χ3v) is 7.28. The summed E-state index contributed by atoms with van der Waals surface area (Å²) in [4.78, 5) is 13.3. The average molecular weight is 492 g/mol. The Morgan fingerprint density at radius 3 is 2.83 bits per heavy atom. The number of methoxy groups -OCH3 is 1. The maximum atomic E-state index is 13.3. The Labute approximate surface area is 205 Å². The van der Waals surface area contributed by atoms with Crippen molar-refractivity contribution in [2.45, 2.75) is 38.0 Å². The number of aliphatic hydroxyl groups excluding tert-OH is 1. The molecule has 35 heavy (non-hydrogen) atoms. The Hall–Kier alpha value is -3.63. The monoisotopic (exact) mass is 491 g/mol. The van der Waals surface area contributed by atoms with Gasteiger partial charge in [-0.15, -0.1) is 0 Å². The number of ether oxygens (including phenoxy) is 2. The normalized spacial score (nSPS) is 18.6. The van der Waals surface area contributed by atoms with Crippen LogP contribution >= 0.6 is 11.3 Å². The summed E-state index contributed by atoms with van der Waals surface area (Å²) < 4.78 is 15.3. The van der Waals surface area contributed by atoms with E-state index in [9.17, 15) is 9.90 Å². The van der Waals surface area contributed by atoms with Crippen molar-refractivity contribution < 1.29 is 19.4 Å². The zero-order valence-electron chi connectivity index (χ0n) is 19.4. The summed E-state index contributed by atoms with van der Waals surface area (Å²) in [6.07, 6.45) is 3.53. The highest BCUT2D eigenvalue weighted by atomic mass is 32.1. The number of benzene rings is 1. The Balaban J connectivity index is 1.49. The van der Waals surface area contributed by atoms with Crippen molar-refractivity contribution in [3.63, 3.8) is 0 Å². The van der Waals surface area contributed by atoms with Gasteiger partial charge >= 0.3 is 0 Å². The molecule has 2 atom stereocenters. The van der Waals surface area contributed by atoms with Gasteiger partial charge in [-0.1, -0.05) is 0 Å². The lowest BCUT2D eigenvalue weighted by Gasteiger charge is -2.22. The molecule has 4 heterocycles. The Kier molecular flexibility index (Phi) is 5.34. The molecule has 3 aromatic heterocycles. The molecule has 1 aliphatic carbocycles. The van der Waals surface area contributed by atoms with Crippen molar-refractivity contribution in [3.05, 3.63) is 52.5 Å². The van der Waals surface area contributed by atoms with E-state index in [1.807, 2.05) is 53.0 Å². The number of aromatic nitrogens is 4. The van der Waals surface area contributed by atoms with Crippen molar-refractivity contribution in [2.24, 2.45) is 7.05 Å². The molecule has 0 radical (unpaired) electrons. The van der Waals surface area contributed by atoms with Crippen LogP contribution in [0.25, 0.3) is 28.2 Å². The van der Waals surface area contributed by atoms with Crippen LogP contribution in [-0.4, -0.2) is 49.8 Å². The van der Waals surface area contributed by atoms with Crippen LogP contribution in [-0.2, 0) is 13.7 Å². The number of nitrogens with zero attached hydrogens (tertiary/aromatic N) is 4. The molecule has 1 amide bonds. The quantitative estimate of drug-likeness (QED) is 0.443. The third kappa shape index (κ3) is 3.78. The standard InChI is InChI=1S/C25H25N5O4S/c1-29-7-5-20(27-29)17-10-18-22(11-21(17)33-2)34-12-19-23(25(32)26-14-3-4-16(31)9-14)28-30(24(18)19)15-6-8-35-13-15/h5-8,10-11,13-14,16,31H,3-4,9,12H2,1-2H3,(H,26,32)/t14-,16+/m0/s1. The second-order valence-corrected chi connectivity index (χ2v) is 9.70. The van der Waals surface area contributed by atoms with Crippen LogP contribution in [0.4, 0.5) is 0 Å². The molecular formula is C25H25N5O4S. The lowest BCUT2D eigenvalue weighted by atomic mass is 9.98. The fourth-order valence-electron chi connectivity index (χ4n) is 4.90. The molecule has 1 aromatic carbocycles. The fraction of sp³-hybridized carbons (Fsp3) is 0.320. The van der Waals surface area contributed by atoms with E-state index in [1.54, 1.807) is 23.1 Å². The number of fused-ring (bicyclic) bond motifs is 3. The molecule has 10 heteroatoms. The minimum Gasteiger partial charge on any atom is -0.496 e. The van der Waals surface area contributed by atoms with E-state index in [4.69, 9.17) is 14.6 Å². The number of nitrogens with one attached hydrogen (secondary N) is 1. The van der Waals surface area contributed by atoms with Crippen LogP contribution in [0.1, 0.15) is 35.3 Å². The predicted octanol–water partition coefficient (Wildman–Crippen LogP) is 3.55. The van der Waals surface area contributed by atoms with Crippen LogP contribution in [0, 0.1) is 0 Å². The molecule has 0 bridgehead atoms. The summed E-state index contributed by atoms with van der Waals surface area (Å²) in [5, 5.41) is 26.2. The number of thiophene rings is 1. The fourth-order valence-corrected chi connectivity index (χ4v) is 5.51. The van der Waals surface area contributed by atoms with Crippen LogP contribution in [0.5, 0.6) is 11.5 Å². The number of amides is 1. The molecule has 1 aliphatic heterocycles. The number of aryl methyl sites for hydroxylation is 1. The highest BCUT2D eigenvalue weighted by molar-refractivity contribution is 7.08. The number of aliphatic hydroxyl groups is 1. The Morgan fingerprint density at radius 2 is 2.14 bits per heavy atom. The average Bonchev–Trinajstić information content (AvgIpc) is 3.65. The van der Waals surface area contributed by atoms with Gasteiger partial charge in [-0.05, 0) is 42.8 Å². The van der Waals surface area contributed by atoms with E-state index in [-0.39, 0.29) is 24.7 Å². The highest BCUT2D eigenvalue weighted by Gasteiger charge is 2.33. The highest BCUT2D eigenvalue weighted by Crippen LogP contribution is 2.45. The minimum atomic E-state index is -0.368. The van der Waals surface area contributed by atoms with Crippen LogP contribution in [0.15, 0.2) is 41.2 Å². The van der Waals surface area contributed by atoms with Gasteiger partial charge in [0.1, 0.15) is 18.1 Å². The number of carbonyl (C=O) groups is 1. The second-order valence-electron chi connectivity index (χ2n) is 8.92. The molecule has 2 N–H and O–H groups in total. The van der Waals surface area contributed by atoms with E-state index in [1.165, 1.54) is 0 Å². The zero-order valence-corrected chi connectivity index (χ0v) is 20.2. The molecule has 0 saturated heterocycles. The smallest absolute Gasteiger partial charge is 0.272 e.